The van der Waals surface area contributed by atoms with Gasteiger partial charge in [0.05, 0.1) is 0 Å². The summed E-state index contributed by atoms with van der Waals surface area (Å²) >= 11 is 0. The first-order valence-electron chi connectivity index (χ1n) is 7.44. The summed E-state index contributed by atoms with van der Waals surface area (Å²) in [6, 6.07) is 0.326. The molecule has 0 bridgehead atoms. The van der Waals surface area contributed by atoms with Gasteiger partial charge in [-0.25, -0.2) is 5.84 Å². The van der Waals surface area contributed by atoms with Crippen molar-refractivity contribution in [2.24, 2.45) is 17.0 Å². The summed E-state index contributed by atoms with van der Waals surface area (Å²) in [5.74, 6) is 5.98. The average Bonchev–Trinajstić information content (AvgIpc) is 2.42. The third-order valence-electron chi connectivity index (χ3n) is 4.25. The van der Waals surface area contributed by atoms with Gasteiger partial charge in [0.15, 0.2) is 0 Å². The van der Waals surface area contributed by atoms with Gasteiger partial charge < -0.3 is 15.5 Å². The second-order valence-electron chi connectivity index (χ2n) is 5.31. The largest absolute Gasteiger partial charge is 0.401 e. The Morgan fingerprint density at radius 2 is 1.74 bits per heavy atom. The lowest BCUT2D eigenvalue weighted by molar-refractivity contribution is -0.116. The van der Waals surface area contributed by atoms with Gasteiger partial charge in [-0.05, 0) is 38.5 Å². The van der Waals surface area contributed by atoms with E-state index in [1.165, 1.54) is 0 Å². The molecule has 0 aromatic heterocycles. The second-order valence-corrected chi connectivity index (χ2v) is 5.31. The topological polar surface area (TPSA) is 72.3 Å². The highest BCUT2D eigenvalue weighted by molar-refractivity contribution is 5.59. The summed E-state index contributed by atoms with van der Waals surface area (Å²) in [4.78, 5) is 11.2. The Bertz CT molecular complexity index is 281. The minimum absolute atomic E-state index is 0.229. The predicted molar refractivity (Wildman–Crippen MR) is 81.0 cm³/mol. The minimum atomic E-state index is -0.229. The molecule has 4 nitrogen and oxygen atoms in total. The van der Waals surface area contributed by atoms with Crippen molar-refractivity contribution >= 4 is 6.29 Å². The number of hydrogen-bond acceptors (Lipinski definition) is 4. The van der Waals surface area contributed by atoms with Crippen molar-refractivity contribution in [1.82, 2.24) is 5.01 Å². The lowest BCUT2D eigenvalue weighted by Crippen LogP contribution is -2.36. The summed E-state index contributed by atoms with van der Waals surface area (Å²) in [6.07, 6.45) is 8.13. The van der Waals surface area contributed by atoms with Crippen LogP contribution in [-0.2, 0) is 4.79 Å². The summed E-state index contributed by atoms with van der Waals surface area (Å²) in [7, 11) is 0. The van der Waals surface area contributed by atoms with E-state index >= 15 is 0 Å². The Hall–Kier alpha value is -1.03. The molecule has 4 heteroatoms. The molecular weight excluding hydrogens is 238 g/mol. The summed E-state index contributed by atoms with van der Waals surface area (Å²) < 4.78 is 0. The number of hydrogen-bond donors (Lipinski definition) is 2. The van der Waals surface area contributed by atoms with Gasteiger partial charge in [-0.2, -0.15) is 0 Å². The van der Waals surface area contributed by atoms with Crippen molar-refractivity contribution < 1.29 is 4.79 Å². The van der Waals surface area contributed by atoms with Gasteiger partial charge in [-0.3, -0.25) is 0 Å². The van der Waals surface area contributed by atoms with Crippen LogP contribution in [-0.4, -0.2) is 17.3 Å². The average molecular weight is 269 g/mol. The number of nitrogens with zero attached hydrogens (tertiary/aromatic N) is 1. The fourth-order valence-corrected chi connectivity index (χ4v) is 2.29. The number of carbonyl (C=O) groups excluding carboxylic acids is 1. The van der Waals surface area contributed by atoms with E-state index in [4.69, 9.17) is 11.6 Å². The van der Waals surface area contributed by atoms with Crippen LogP contribution in [0.25, 0.3) is 0 Å². The van der Waals surface area contributed by atoms with Crippen LogP contribution >= 0.6 is 0 Å². The maximum atomic E-state index is 11.2. The number of nitrogens with two attached hydrogens (primary N) is 2. The van der Waals surface area contributed by atoms with Gasteiger partial charge in [0.25, 0.3) is 0 Å². The smallest absolute Gasteiger partial charge is 0.126 e. The molecule has 19 heavy (non-hydrogen) atoms. The predicted octanol–water partition coefficient (Wildman–Crippen LogP) is 2.94. The van der Waals surface area contributed by atoms with Crippen molar-refractivity contribution in [1.29, 1.82) is 0 Å². The maximum absolute atomic E-state index is 11.2. The highest BCUT2D eigenvalue weighted by atomic mass is 16.1. The highest BCUT2D eigenvalue weighted by Crippen LogP contribution is 2.30. The zero-order chi connectivity index (χ0) is 14.9. The number of allylic oxidation sites excluding steroid dienone is 1. The van der Waals surface area contributed by atoms with E-state index in [2.05, 4.69) is 27.7 Å². The van der Waals surface area contributed by atoms with E-state index < -0.39 is 0 Å². The summed E-state index contributed by atoms with van der Waals surface area (Å²) in [6.45, 7) is 8.34. The monoisotopic (exact) mass is 269 g/mol. The third kappa shape index (κ3) is 5.64. The molecule has 0 spiro atoms. The second kappa shape index (κ2) is 8.97. The molecule has 0 aromatic carbocycles. The molecule has 0 aliphatic carbocycles. The molecule has 0 aliphatic rings. The van der Waals surface area contributed by atoms with Crippen LogP contribution in [0.3, 0.4) is 0 Å². The third-order valence-corrected chi connectivity index (χ3v) is 4.25. The summed E-state index contributed by atoms with van der Waals surface area (Å²) in [5.41, 5.74) is 6.54. The van der Waals surface area contributed by atoms with E-state index in [9.17, 15) is 4.79 Å². The van der Waals surface area contributed by atoms with Crippen LogP contribution in [0.5, 0.6) is 0 Å². The van der Waals surface area contributed by atoms with Crippen molar-refractivity contribution in [2.75, 3.05) is 0 Å². The zero-order valence-electron chi connectivity index (χ0n) is 13.0. The first-order chi connectivity index (χ1) is 8.98. The molecule has 4 N–H and O–H groups in total. The molecule has 0 fully saturated rings. The molecular formula is C15H31N3O. The van der Waals surface area contributed by atoms with Crippen molar-refractivity contribution in [3.8, 4) is 0 Å². The molecule has 0 rings (SSSR count). The van der Waals surface area contributed by atoms with Crippen LogP contribution < -0.4 is 11.6 Å². The fraction of sp³-hybridized carbons (Fsp3) is 0.800. The lowest BCUT2D eigenvalue weighted by Gasteiger charge is -2.27. The number of aldehydes is 1. The van der Waals surface area contributed by atoms with Gasteiger partial charge in [-0.15, -0.1) is 0 Å². The van der Waals surface area contributed by atoms with Crippen LogP contribution in [0.1, 0.15) is 66.2 Å². The van der Waals surface area contributed by atoms with Gasteiger partial charge in [0.2, 0.25) is 0 Å². The van der Waals surface area contributed by atoms with Crippen molar-refractivity contribution in [3.63, 3.8) is 0 Å². The van der Waals surface area contributed by atoms with Gasteiger partial charge in [0, 0.05) is 23.4 Å². The molecule has 0 aliphatic heterocycles. The molecule has 0 radical (unpaired) electrons. The van der Waals surface area contributed by atoms with E-state index in [0.717, 1.165) is 44.1 Å². The van der Waals surface area contributed by atoms with Gasteiger partial charge in [0.1, 0.15) is 6.29 Å². The van der Waals surface area contributed by atoms with Gasteiger partial charge >= 0.3 is 0 Å². The molecule has 0 unspecified atom stereocenters. The van der Waals surface area contributed by atoms with E-state index in [-0.39, 0.29) is 5.41 Å². The molecule has 112 valence electrons. The number of hydrazine groups is 1. The van der Waals surface area contributed by atoms with E-state index in [1.807, 2.05) is 6.20 Å². The SMILES string of the molecule is CCC(CC)N(N)/C=C(\N)CCC(C=O)(CC)CC. The van der Waals surface area contributed by atoms with Crippen LogP contribution in [0, 0.1) is 5.41 Å². The quantitative estimate of drug-likeness (QED) is 0.363. The fourth-order valence-electron chi connectivity index (χ4n) is 2.29. The van der Waals surface area contributed by atoms with E-state index in [1.54, 1.807) is 5.01 Å². The standard InChI is InChI=1S/C15H31N3O/c1-5-14(6-2)18(17)11-13(16)9-10-15(7-3,8-4)12-19/h11-12,14H,5-10,16-17H2,1-4H3/b13-11-. The Morgan fingerprint density at radius 1 is 1.21 bits per heavy atom. The Morgan fingerprint density at radius 3 is 2.11 bits per heavy atom. The Labute approximate surface area is 118 Å². The lowest BCUT2D eigenvalue weighted by atomic mass is 9.79. The van der Waals surface area contributed by atoms with Gasteiger partial charge in [-0.1, -0.05) is 27.7 Å². The Kier molecular flexibility index (Phi) is 8.48. The van der Waals surface area contributed by atoms with Crippen LogP contribution in [0.4, 0.5) is 0 Å². The highest BCUT2D eigenvalue weighted by Gasteiger charge is 2.25. The molecule has 0 aromatic rings. The molecule has 0 atom stereocenters. The van der Waals surface area contributed by atoms with Crippen LogP contribution in [0.15, 0.2) is 11.9 Å². The molecule has 0 heterocycles. The van der Waals surface area contributed by atoms with E-state index in [0.29, 0.717) is 12.5 Å². The number of carbonyl (C=O) groups is 1. The first-order valence-corrected chi connectivity index (χ1v) is 7.44. The maximum Gasteiger partial charge on any atom is 0.126 e. The van der Waals surface area contributed by atoms with Crippen molar-refractivity contribution in [2.45, 2.75) is 72.3 Å². The normalized spacial score (nSPS) is 12.8. The molecule has 0 amide bonds. The Balaban J connectivity index is 4.52. The first kappa shape index (κ1) is 18.0. The molecule has 0 saturated carbocycles. The van der Waals surface area contributed by atoms with Crippen LogP contribution in [0.2, 0.25) is 0 Å². The summed E-state index contributed by atoms with van der Waals surface area (Å²) in [5, 5.41) is 1.70. The van der Waals surface area contributed by atoms with Crippen molar-refractivity contribution in [3.05, 3.63) is 11.9 Å². The minimum Gasteiger partial charge on any atom is -0.401 e. The molecule has 0 saturated heterocycles. The number of rotatable bonds is 10. The zero-order valence-corrected chi connectivity index (χ0v) is 13.0.